The maximum Gasteiger partial charge on any atom is 0.227 e. The van der Waals surface area contributed by atoms with Crippen LogP contribution in [0.1, 0.15) is 31.0 Å². The van der Waals surface area contributed by atoms with Crippen LogP contribution in [0.5, 0.6) is 0 Å². The van der Waals surface area contributed by atoms with Crippen molar-refractivity contribution in [2.24, 2.45) is 5.92 Å². The number of aromatic nitrogens is 2. The van der Waals surface area contributed by atoms with Gasteiger partial charge in [0.05, 0.1) is 12.5 Å². The molecule has 2 aliphatic heterocycles. The average Bonchev–Trinajstić information content (AvgIpc) is 3.22. The largest absolute Gasteiger partial charge is 0.383 e. The van der Waals surface area contributed by atoms with E-state index < -0.39 is 0 Å². The summed E-state index contributed by atoms with van der Waals surface area (Å²) in [5.41, 5.74) is 0. The zero-order valence-electron chi connectivity index (χ0n) is 13.5. The van der Waals surface area contributed by atoms with Crippen molar-refractivity contribution < 1.29 is 14.3 Å². The van der Waals surface area contributed by atoms with Gasteiger partial charge in [-0.15, -0.1) is 0 Å². The van der Waals surface area contributed by atoms with Gasteiger partial charge in [-0.3, -0.25) is 9.59 Å². The monoisotopic (exact) mass is 320 g/mol. The highest BCUT2D eigenvalue weighted by atomic mass is 16.5. The Hall–Kier alpha value is -1.89. The maximum absolute atomic E-state index is 12.7. The first-order valence-electron chi connectivity index (χ1n) is 8.24. The van der Waals surface area contributed by atoms with E-state index in [9.17, 15) is 9.59 Å². The van der Waals surface area contributed by atoms with Gasteiger partial charge < -0.3 is 19.5 Å². The molecular formula is C16H24N4O3. The molecule has 1 atom stereocenters. The number of ether oxygens (including phenoxy) is 1. The Labute approximate surface area is 136 Å². The summed E-state index contributed by atoms with van der Waals surface area (Å²) in [5, 5.41) is 0. The van der Waals surface area contributed by atoms with Crippen LogP contribution in [0.3, 0.4) is 0 Å². The SMILES string of the molecule is COCCN1C[C@H](C(=O)N2CCC(c3ncc[nH]3)CC2)CC1=O. The van der Waals surface area contributed by atoms with Crippen LogP contribution >= 0.6 is 0 Å². The van der Waals surface area contributed by atoms with E-state index in [4.69, 9.17) is 4.74 Å². The Morgan fingerprint density at radius 3 is 2.87 bits per heavy atom. The molecule has 0 aromatic carbocycles. The van der Waals surface area contributed by atoms with Gasteiger partial charge in [-0.2, -0.15) is 0 Å². The number of carbonyl (C=O) groups is 2. The van der Waals surface area contributed by atoms with Crippen LogP contribution in [0.2, 0.25) is 0 Å². The minimum atomic E-state index is -0.195. The fourth-order valence-electron chi connectivity index (χ4n) is 3.49. The third-order valence-corrected chi connectivity index (χ3v) is 4.84. The molecule has 3 heterocycles. The van der Waals surface area contributed by atoms with E-state index in [0.29, 0.717) is 32.0 Å². The summed E-state index contributed by atoms with van der Waals surface area (Å²) in [6, 6.07) is 0. The van der Waals surface area contributed by atoms with E-state index in [-0.39, 0.29) is 17.7 Å². The molecule has 1 aromatic rings. The second-order valence-electron chi connectivity index (χ2n) is 6.31. The molecule has 2 aliphatic rings. The van der Waals surface area contributed by atoms with Crippen molar-refractivity contribution >= 4 is 11.8 Å². The number of methoxy groups -OCH3 is 1. The highest BCUT2D eigenvalue weighted by Gasteiger charge is 2.37. The number of nitrogens with zero attached hydrogens (tertiary/aromatic N) is 3. The van der Waals surface area contributed by atoms with E-state index >= 15 is 0 Å². The number of carbonyl (C=O) groups excluding carboxylic acids is 2. The first kappa shape index (κ1) is 16.0. The number of H-pyrrole nitrogens is 1. The summed E-state index contributed by atoms with van der Waals surface area (Å²) in [6.07, 6.45) is 5.79. The summed E-state index contributed by atoms with van der Waals surface area (Å²) in [6.45, 7) is 3.10. The fourth-order valence-corrected chi connectivity index (χ4v) is 3.49. The van der Waals surface area contributed by atoms with Gasteiger partial charge in [0.15, 0.2) is 0 Å². The van der Waals surface area contributed by atoms with Gasteiger partial charge in [0.1, 0.15) is 5.82 Å². The van der Waals surface area contributed by atoms with Crippen LogP contribution in [0.15, 0.2) is 12.4 Å². The van der Waals surface area contributed by atoms with Crippen LogP contribution in [-0.4, -0.2) is 71.5 Å². The normalized spacial score (nSPS) is 22.8. The molecule has 23 heavy (non-hydrogen) atoms. The second-order valence-corrected chi connectivity index (χ2v) is 6.31. The Morgan fingerprint density at radius 2 is 2.22 bits per heavy atom. The van der Waals surface area contributed by atoms with Gasteiger partial charge in [-0.05, 0) is 12.8 Å². The summed E-state index contributed by atoms with van der Waals surface area (Å²) in [5.74, 6) is 1.40. The van der Waals surface area contributed by atoms with Crippen molar-refractivity contribution in [2.45, 2.75) is 25.2 Å². The summed E-state index contributed by atoms with van der Waals surface area (Å²) < 4.78 is 5.01. The Bertz CT molecular complexity index is 538. The number of hydrogen-bond donors (Lipinski definition) is 1. The minimum Gasteiger partial charge on any atom is -0.383 e. The fraction of sp³-hybridized carbons (Fsp3) is 0.688. The standard InChI is InChI=1S/C16H24N4O3/c1-23-9-8-20-11-13(10-14(20)21)16(22)19-6-2-12(3-7-19)15-17-4-5-18-15/h4-5,12-13H,2-3,6-11H2,1H3,(H,17,18)/t13-/m1/s1. The van der Waals surface area contributed by atoms with Gasteiger partial charge in [0.2, 0.25) is 11.8 Å². The zero-order chi connectivity index (χ0) is 16.2. The molecule has 0 radical (unpaired) electrons. The minimum absolute atomic E-state index is 0.0610. The molecule has 126 valence electrons. The molecule has 1 N–H and O–H groups in total. The Balaban J connectivity index is 1.51. The summed E-state index contributed by atoms with van der Waals surface area (Å²) in [4.78, 5) is 35.7. The molecule has 7 nitrogen and oxygen atoms in total. The number of nitrogens with one attached hydrogen (secondary N) is 1. The quantitative estimate of drug-likeness (QED) is 0.862. The predicted octanol–water partition coefficient (Wildman–Crippen LogP) is 0.611. The van der Waals surface area contributed by atoms with Crippen LogP contribution in [0.25, 0.3) is 0 Å². The van der Waals surface area contributed by atoms with Crippen molar-refractivity contribution in [1.82, 2.24) is 19.8 Å². The highest BCUT2D eigenvalue weighted by Crippen LogP contribution is 2.28. The summed E-state index contributed by atoms with van der Waals surface area (Å²) in [7, 11) is 1.62. The van der Waals surface area contributed by atoms with Gasteiger partial charge in [0, 0.05) is 58.0 Å². The van der Waals surface area contributed by atoms with Crippen molar-refractivity contribution in [3.05, 3.63) is 18.2 Å². The second kappa shape index (κ2) is 7.12. The van der Waals surface area contributed by atoms with Crippen LogP contribution in [0, 0.1) is 5.92 Å². The van der Waals surface area contributed by atoms with E-state index in [0.717, 1.165) is 31.8 Å². The number of hydrogen-bond acceptors (Lipinski definition) is 4. The van der Waals surface area contributed by atoms with Crippen molar-refractivity contribution in [3.63, 3.8) is 0 Å². The smallest absolute Gasteiger partial charge is 0.227 e. The molecule has 0 saturated carbocycles. The average molecular weight is 320 g/mol. The zero-order valence-corrected chi connectivity index (χ0v) is 13.5. The molecule has 0 unspecified atom stereocenters. The number of aromatic amines is 1. The predicted molar refractivity (Wildman–Crippen MR) is 83.7 cm³/mol. The number of piperidine rings is 1. The number of rotatable bonds is 5. The molecule has 2 amide bonds. The third-order valence-electron chi connectivity index (χ3n) is 4.84. The number of amides is 2. The van der Waals surface area contributed by atoms with Crippen molar-refractivity contribution in [1.29, 1.82) is 0 Å². The highest BCUT2D eigenvalue weighted by molar-refractivity contribution is 5.89. The molecule has 2 saturated heterocycles. The molecule has 3 rings (SSSR count). The molecule has 0 spiro atoms. The van der Waals surface area contributed by atoms with Gasteiger partial charge in [-0.25, -0.2) is 4.98 Å². The topological polar surface area (TPSA) is 78.5 Å². The van der Waals surface area contributed by atoms with Crippen LogP contribution in [-0.2, 0) is 14.3 Å². The van der Waals surface area contributed by atoms with E-state index in [1.54, 1.807) is 18.2 Å². The molecule has 0 aliphatic carbocycles. The molecule has 0 bridgehead atoms. The lowest BCUT2D eigenvalue weighted by Crippen LogP contribution is -2.42. The van der Waals surface area contributed by atoms with Gasteiger partial charge in [0.25, 0.3) is 0 Å². The van der Waals surface area contributed by atoms with Crippen molar-refractivity contribution in [3.8, 4) is 0 Å². The Morgan fingerprint density at radius 1 is 1.43 bits per heavy atom. The van der Waals surface area contributed by atoms with E-state index in [2.05, 4.69) is 9.97 Å². The van der Waals surface area contributed by atoms with Gasteiger partial charge in [-0.1, -0.05) is 0 Å². The molecule has 1 aromatic heterocycles. The summed E-state index contributed by atoms with van der Waals surface area (Å²) >= 11 is 0. The maximum atomic E-state index is 12.7. The lowest BCUT2D eigenvalue weighted by molar-refractivity contribution is -0.136. The third kappa shape index (κ3) is 3.55. The van der Waals surface area contributed by atoms with Crippen LogP contribution < -0.4 is 0 Å². The molecular weight excluding hydrogens is 296 g/mol. The van der Waals surface area contributed by atoms with Crippen LogP contribution in [0.4, 0.5) is 0 Å². The van der Waals surface area contributed by atoms with Crippen molar-refractivity contribution in [2.75, 3.05) is 39.9 Å². The van der Waals surface area contributed by atoms with Gasteiger partial charge >= 0.3 is 0 Å². The van der Waals surface area contributed by atoms with E-state index in [1.165, 1.54) is 0 Å². The first-order chi connectivity index (χ1) is 11.2. The molecule has 2 fully saturated rings. The number of imidazole rings is 1. The molecule has 7 heteroatoms. The number of likely N-dealkylation sites (tertiary alicyclic amines) is 2. The Kier molecular flexibility index (Phi) is 4.95. The lowest BCUT2D eigenvalue weighted by Gasteiger charge is -2.32. The lowest BCUT2D eigenvalue weighted by atomic mass is 9.95. The van der Waals surface area contributed by atoms with E-state index in [1.807, 2.05) is 11.1 Å². The first-order valence-corrected chi connectivity index (χ1v) is 8.24.